The summed E-state index contributed by atoms with van der Waals surface area (Å²) in [6.07, 6.45) is 6.91. The van der Waals surface area contributed by atoms with Crippen LogP contribution in [0.3, 0.4) is 0 Å². The number of nitrogens with zero attached hydrogens (tertiary/aromatic N) is 4. The molecule has 2 aliphatic carbocycles. The number of hydrogen-bond donors (Lipinski definition) is 1. The molecule has 1 saturated heterocycles. The predicted octanol–water partition coefficient (Wildman–Crippen LogP) is 3.45. The molecule has 0 unspecified atom stereocenters. The number of likely N-dealkylation sites (tertiary alicyclic amines) is 1. The summed E-state index contributed by atoms with van der Waals surface area (Å²) in [6, 6.07) is 4.59. The van der Waals surface area contributed by atoms with Gasteiger partial charge in [0.2, 0.25) is 0 Å². The van der Waals surface area contributed by atoms with Crippen LogP contribution >= 0.6 is 11.3 Å². The molecule has 2 saturated carbocycles. The van der Waals surface area contributed by atoms with Gasteiger partial charge < -0.3 is 9.84 Å². The van der Waals surface area contributed by atoms with Gasteiger partial charge in [-0.3, -0.25) is 4.90 Å². The fourth-order valence-corrected chi connectivity index (χ4v) is 5.71. The third-order valence-corrected chi connectivity index (χ3v) is 7.70. The van der Waals surface area contributed by atoms with Crippen molar-refractivity contribution in [1.82, 2.24) is 19.9 Å². The molecule has 6 nitrogen and oxygen atoms in total. The van der Waals surface area contributed by atoms with E-state index in [1.54, 1.807) is 13.8 Å². The second-order valence-corrected chi connectivity index (χ2v) is 10.8. The second-order valence-electron chi connectivity index (χ2n) is 9.79. The molecule has 0 spiro atoms. The van der Waals surface area contributed by atoms with Gasteiger partial charge in [-0.1, -0.05) is 11.3 Å². The van der Waals surface area contributed by atoms with E-state index in [4.69, 9.17) is 4.74 Å². The van der Waals surface area contributed by atoms with Crippen molar-refractivity contribution in [2.24, 2.45) is 17.8 Å². The van der Waals surface area contributed by atoms with Crippen LogP contribution in [-0.2, 0) is 16.9 Å². The number of hydrogen-bond acceptors (Lipinski definition) is 6. The number of thiophene rings is 1. The van der Waals surface area contributed by atoms with Crippen molar-refractivity contribution in [1.29, 1.82) is 0 Å². The van der Waals surface area contributed by atoms with Crippen molar-refractivity contribution in [3.8, 4) is 0 Å². The van der Waals surface area contributed by atoms with Crippen molar-refractivity contribution in [2.75, 3.05) is 19.7 Å². The monoisotopic (exact) mass is 416 g/mol. The Labute approximate surface area is 176 Å². The van der Waals surface area contributed by atoms with Gasteiger partial charge in [0.25, 0.3) is 0 Å². The standard InChI is InChI=1S/C22H32N4O2S/c1-22(2,27)21-13-26(24-23-21)19-8-16-10-25(12-18-4-3-7-29-18)11-17(16)9-20(19)28-14-15-5-6-15/h3-4,7,13,15-17,19-20,27H,5-6,8-12,14H2,1-2H3/t16-,17+,19-,20-/m1/s1. The third-order valence-electron chi connectivity index (χ3n) is 6.84. The maximum Gasteiger partial charge on any atom is 0.114 e. The SMILES string of the molecule is CC(C)(O)c1cn([C@@H]2C[C@@H]3CN(Cc4cccs4)C[C@@H]3C[C@H]2OCC2CC2)nn1. The van der Waals surface area contributed by atoms with Gasteiger partial charge in [0.15, 0.2) is 0 Å². The summed E-state index contributed by atoms with van der Waals surface area (Å²) < 4.78 is 8.43. The van der Waals surface area contributed by atoms with Gasteiger partial charge in [-0.2, -0.15) is 0 Å². The molecule has 3 fully saturated rings. The molecule has 1 N–H and O–H groups in total. The highest BCUT2D eigenvalue weighted by molar-refractivity contribution is 7.09. The van der Waals surface area contributed by atoms with Crippen LogP contribution in [-0.4, -0.2) is 50.8 Å². The second kappa shape index (κ2) is 7.76. The van der Waals surface area contributed by atoms with Gasteiger partial charge in [0, 0.05) is 31.1 Å². The number of ether oxygens (including phenoxy) is 1. The largest absolute Gasteiger partial charge is 0.384 e. The van der Waals surface area contributed by atoms with Gasteiger partial charge in [-0.15, -0.1) is 16.4 Å². The van der Waals surface area contributed by atoms with Gasteiger partial charge in [0.1, 0.15) is 11.3 Å². The Morgan fingerprint density at radius 2 is 2.03 bits per heavy atom. The normalized spacial score (nSPS) is 30.6. The highest BCUT2D eigenvalue weighted by Crippen LogP contribution is 2.43. The molecule has 3 heterocycles. The van der Waals surface area contributed by atoms with E-state index < -0.39 is 5.60 Å². The molecule has 7 heteroatoms. The van der Waals surface area contributed by atoms with E-state index in [1.165, 1.54) is 24.3 Å². The lowest BCUT2D eigenvalue weighted by Gasteiger charge is -2.37. The molecule has 0 radical (unpaired) electrons. The fraction of sp³-hybridized carbons (Fsp3) is 0.727. The van der Waals surface area contributed by atoms with E-state index in [0.717, 1.165) is 38.5 Å². The Hall–Kier alpha value is -1.28. The van der Waals surface area contributed by atoms with Crippen LogP contribution in [0, 0.1) is 17.8 Å². The molecule has 3 aliphatic rings. The van der Waals surface area contributed by atoms with Crippen LogP contribution in [0.4, 0.5) is 0 Å². The van der Waals surface area contributed by atoms with E-state index in [0.29, 0.717) is 17.5 Å². The Kier molecular flexibility index (Phi) is 5.26. The Morgan fingerprint density at radius 3 is 2.69 bits per heavy atom. The first-order valence-corrected chi connectivity index (χ1v) is 11.8. The third kappa shape index (κ3) is 4.43. The molecule has 0 aromatic carbocycles. The van der Waals surface area contributed by atoms with Crippen LogP contribution in [0.5, 0.6) is 0 Å². The summed E-state index contributed by atoms with van der Waals surface area (Å²) in [5, 5.41) is 21.1. The lowest BCUT2D eigenvalue weighted by Crippen LogP contribution is -2.38. The van der Waals surface area contributed by atoms with Crippen molar-refractivity contribution < 1.29 is 9.84 Å². The van der Waals surface area contributed by atoms with Gasteiger partial charge in [-0.05, 0) is 68.7 Å². The number of fused-ring (bicyclic) bond motifs is 1. The molecule has 5 rings (SSSR count). The number of aliphatic hydroxyl groups is 1. The van der Waals surface area contributed by atoms with Crippen LogP contribution < -0.4 is 0 Å². The molecule has 0 amide bonds. The van der Waals surface area contributed by atoms with Crippen molar-refractivity contribution in [3.63, 3.8) is 0 Å². The summed E-state index contributed by atoms with van der Waals surface area (Å²) in [7, 11) is 0. The molecule has 158 valence electrons. The molecular formula is C22H32N4O2S. The summed E-state index contributed by atoms with van der Waals surface area (Å²) in [6.45, 7) is 7.80. The quantitative estimate of drug-likeness (QED) is 0.749. The summed E-state index contributed by atoms with van der Waals surface area (Å²) in [5.41, 5.74) is -0.337. The molecule has 2 aromatic heterocycles. The minimum atomic E-state index is -0.968. The maximum absolute atomic E-state index is 10.3. The Bertz CT molecular complexity index is 811. The molecular weight excluding hydrogens is 384 g/mol. The van der Waals surface area contributed by atoms with Gasteiger partial charge in [-0.25, -0.2) is 4.68 Å². The molecule has 0 bridgehead atoms. The summed E-state index contributed by atoms with van der Waals surface area (Å²) in [4.78, 5) is 4.07. The van der Waals surface area contributed by atoms with Gasteiger partial charge >= 0.3 is 0 Å². The average molecular weight is 417 g/mol. The Balaban J connectivity index is 1.31. The van der Waals surface area contributed by atoms with E-state index in [9.17, 15) is 5.11 Å². The molecule has 29 heavy (non-hydrogen) atoms. The van der Waals surface area contributed by atoms with Crippen molar-refractivity contribution in [2.45, 2.75) is 63.8 Å². The fourth-order valence-electron chi connectivity index (χ4n) is 4.96. The minimum absolute atomic E-state index is 0.190. The predicted molar refractivity (Wildman–Crippen MR) is 113 cm³/mol. The molecule has 2 aromatic rings. The van der Waals surface area contributed by atoms with E-state index in [1.807, 2.05) is 22.2 Å². The highest BCUT2D eigenvalue weighted by Gasteiger charge is 2.44. The van der Waals surface area contributed by atoms with Gasteiger partial charge in [0.05, 0.1) is 18.3 Å². The highest BCUT2D eigenvalue weighted by atomic mass is 32.1. The van der Waals surface area contributed by atoms with Crippen LogP contribution in [0.15, 0.2) is 23.7 Å². The smallest absolute Gasteiger partial charge is 0.114 e. The first-order valence-electron chi connectivity index (χ1n) is 11.0. The van der Waals surface area contributed by atoms with E-state index >= 15 is 0 Å². The van der Waals surface area contributed by atoms with Crippen LogP contribution in [0.25, 0.3) is 0 Å². The van der Waals surface area contributed by atoms with Crippen molar-refractivity contribution >= 4 is 11.3 Å². The van der Waals surface area contributed by atoms with Crippen LogP contribution in [0.2, 0.25) is 0 Å². The zero-order valence-corrected chi connectivity index (χ0v) is 18.2. The van der Waals surface area contributed by atoms with E-state index in [-0.39, 0.29) is 12.1 Å². The molecule has 4 atom stereocenters. The van der Waals surface area contributed by atoms with Crippen molar-refractivity contribution in [3.05, 3.63) is 34.3 Å². The first-order chi connectivity index (χ1) is 14.0. The summed E-state index contributed by atoms with van der Waals surface area (Å²) >= 11 is 1.85. The Morgan fingerprint density at radius 1 is 1.24 bits per heavy atom. The maximum atomic E-state index is 10.3. The average Bonchev–Trinajstić information content (AvgIpc) is 3.07. The lowest BCUT2D eigenvalue weighted by atomic mass is 9.77. The summed E-state index contributed by atoms with van der Waals surface area (Å²) in [5.74, 6) is 2.14. The van der Waals surface area contributed by atoms with E-state index in [2.05, 4.69) is 32.7 Å². The lowest BCUT2D eigenvalue weighted by molar-refractivity contribution is -0.0376. The topological polar surface area (TPSA) is 63.4 Å². The number of aromatic nitrogens is 3. The molecule has 1 aliphatic heterocycles. The zero-order valence-electron chi connectivity index (χ0n) is 17.4. The van der Waals surface area contributed by atoms with Crippen LogP contribution in [0.1, 0.15) is 56.1 Å². The zero-order chi connectivity index (χ0) is 20.0. The number of rotatable bonds is 7. The minimum Gasteiger partial charge on any atom is -0.384 e. The first kappa shape index (κ1) is 19.7.